The first-order valence-electron chi connectivity index (χ1n) is 7.73. The van der Waals surface area contributed by atoms with Crippen molar-refractivity contribution in [2.45, 2.75) is 24.4 Å². The summed E-state index contributed by atoms with van der Waals surface area (Å²) in [6.07, 6.45) is 0. The summed E-state index contributed by atoms with van der Waals surface area (Å²) < 4.78 is 30.6. The van der Waals surface area contributed by atoms with E-state index in [-0.39, 0.29) is 6.04 Å². The Labute approximate surface area is 144 Å². The Morgan fingerprint density at radius 1 is 1.12 bits per heavy atom. The minimum Gasteiger partial charge on any atom is -0.497 e. The highest BCUT2D eigenvalue weighted by molar-refractivity contribution is 7.89. The van der Waals surface area contributed by atoms with Crippen LogP contribution in [0.5, 0.6) is 5.75 Å². The fourth-order valence-corrected chi connectivity index (χ4v) is 3.21. The first-order valence-corrected chi connectivity index (χ1v) is 9.17. The van der Waals surface area contributed by atoms with E-state index in [0.29, 0.717) is 11.4 Å². The highest BCUT2D eigenvalue weighted by Crippen LogP contribution is 2.19. The molecule has 0 fully saturated rings. The van der Waals surface area contributed by atoms with Crippen molar-refractivity contribution in [3.05, 3.63) is 59.7 Å². The van der Waals surface area contributed by atoms with Gasteiger partial charge in [0.1, 0.15) is 5.75 Å². The zero-order chi connectivity index (χ0) is 17.7. The molecule has 0 saturated heterocycles. The summed E-state index contributed by atoms with van der Waals surface area (Å²) >= 11 is 0. The molecule has 1 unspecified atom stereocenters. The number of benzene rings is 2. The molecular formula is C18H24N2O3S. The van der Waals surface area contributed by atoms with Gasteiger partial charge in [0.2, 0.25) is 10.0 Å². The van der Waals surface area contributed by atoms with Gasteiger partial charge in [-0.15, -0.1) is 0 Å². The lowest BCUT2D eigenvalue weighted by molar-refractivity contribution is 0.414. The molecule has 0 spiro atoms. The van der Waals surface area contributed by atoms with E-state index in [1.54, 1.807) is 19.2 Å². The molecular weight excluding hydrogens is 324 g/mol. The van der Waals surface area contributed by atoms with E-state index in [9.17, 15) is 8.42 Å². The minimum atomic E-state index is -3.38. The molecule has 6 heteroatoms. The number of sulfonamides is 1. The average molecular weight is 348 g/mol. The lowest BCUT2D eigenvalue weighted by atomic mass is 10.1. The molecule has 2 aromatic carbocycles. The predicted molar refractivity (Wildman–Crippen MR) is 95.6 cm³/mol. The number of ether oxygens (including phenoxy) is 1. The molecule has 1 atom stereocenters. The molecule has 1 N–H and O–H groups in total. The Hall–Kier alpha value is -1.89. The van der Waals surface area contributed by atoms with Gasteiger partial charge >= 0.3 is 0 Å². The first kappa shape index (κ1) is 18.4. The van der Waals surface area contributed by atoms with Crippen molar-refractivity contribution in [1.29, 1.82) is 0 Å². The van der Waals surface area contributed by atoms with Crippen LogP contribution in [0, 0.1) is 0 Å². The van der Waals surface area contributed by atoms with Crippen molar-refractivity contribution in [2.75, 3.05) is 21.2 Å². The smallest absolute Gasteiger partial charge is 0.242 e. The van der Waals surface area contributed by atoms with E-state index >= 15 is 0 Å². The molecule has 2 aromatic rings. The van der Waals surface area contributed by atoms with Crippen LogP contribution in [0.3, 0.4) is 0 Å². The monoisotopic (exact) mass is 348 g/mol. The van der Waals surface area contributed by atoms with E-state index in [1.165, 1.54) is 18.4 Å². The molecule has 0 aliphatic carbocycles. The molecule has 5 nitrogen and oxygen atoms in total. The minimum absolute atomic E-state index is 0.104. The van der Waals surface area contributed by atoms with E-state index in [2.05, 4.69) is 12.2 Å². The van der Waals surface area contributed by atoms with Crippen LogP contribution in [-0.4, -0.2) is 33.9 Å². The number of rotatable bonds is 7. The number of hydrogen-bond acceptors (Lipinski definition) is 4. The van der Waals surface area contributed by atoms with Crippen LogP contribution in [0.25, 0.3) is 0 Å². The second-order valence-electron chi connectivity index (χ2n) is 5.81. The zero-order valence-corrected chi connectivity index (χ0v) is 15.3. The van der Waals surface area contributed by atoms with Gasteiger partial charge in [-0.2, -0.15) is 0 Å². The number of nitrogens with zero attached hydrogens (tertiary/aromatic N) is 1. The summed E-state index contributed by atoms with van der Waals surface area (Å²) in [5.41, 5.74) is 2.17. The summed E-state index contributed by atoms with van der Waals surface area (Å²) in [6.45, 7) is 2.76. The van der Waals surface area contributed by atoms with Crippen LogP contribution >= 0.6 is 0 Å². The molecule has 0 amide bonds. The molecule has 0 aliphatic heterocycles. The molecule has 0 bridgehead atoms. The lowest BCUT2D eigenvalue weighted by Gasteiger charge is -2.16. The summed E-state index contributed by atoms with van der Waals surface area (Å²) in [5.74, 6) is 0.834. The van der Waals surface area contributed by atoms with Crippen LogP contribution in [0.1, 0.15) is 24.1 Å². The molecule has 0 aliphatic rings. The Bertz CT molecular complexity index is 771. The highest BCUT2D eigenvalue weighted by Gasteiger charge is 2.17. The summed E-state index contributed by atoms with van der Waals surface area (Å²) in [4.78, 5) is 0.302. The third-order valence-electron chi connectivity index (χ3n) is 3.91. The van der Waals surface area contributed by atoms with E-state index in [1.807, 2.05) is 36.4 Å². The van der Waals surface area contributed by atoms with Crippen LogP contribution < -0.4 is 10.1 Å². The maximum Gasteiger partial charge on any atom is 0.242 e. The summed E-state index contributed by atoms with van der Waals surface area (Å²) in [5, 5.41) is 3.43. The topological polar surface area (TPSA) is 58.6 Å². The molecule has 2 rings (SSSR count). The largest absolute Gasteiger partial charge is 0.497 e. The highest BCUT2D eigenvalue weighted by atomic mass is 32.2. The molecule has 0 heterocycles. The number of methoxy groups -OCH3 is 1. The van der Waals surface area contributed by atoms with Crippen molar-refractivity contribution < 1.29 is 13.2 Å². The van der Waals surface area contributed by atoms with E-state index in [0.717, 1.165) is 16.9 Å². The summed E-state index contributed by atoms with van der Waals surface area (Å²) in [7, 11) is 1.33. The second kappa shape index (κ2) is 7.79. The Balaban J connectivity index is 2.03. The number of hydrogen-bond donors (Lipinski definition) is 1. The van der Waals surface area contributed by atoms with Crippen LogP contribution in [0.2, 0.25) is 0 Å². The van der Waals surface area contributed by atoms with Gasteiger partial charge in [-0.1, -0.05) is 24.3 Å². The van der Waals surface area contributed by atoms with Crippen LogP contribution in [0.15, 0.2) is 53.4 Å². The van der Waals surface area contributed by atoms with E-state index in [4.69, 9.17) is 4.74 Å². The third kappa shape index (κ3) is 4.35. The standard InChI is InChI=1S/C18H24N2O3S/c1-14(19-13-15-6-5-7-17(12-15)23-4)16-8-10-18(11-9-16)24(21,22)20(2)3/h5-12,14,19H,13H2,1-4H3. The number of nitrogens with one attached hydrogen (secondary N) is 1. The quantitative estimate of drug-likeness (QED) is 0.836. The molecule has 0 aromatic heterocycles. The van der Waals surface area contributed by atoms with E-state index < -0.39 is 10.0 Å². The first-order chi connectivity index (χ1) is 11.3. The fraction of sp³-hybridized carbons (Fsp3) is 0.333. The van der Waals surface area contributed by atoms with Crippen LogP contribution in [0.4, 0.5) is 0 Å². The molecule has 24 heavy (non-hydrogen) atoms. The van der Waals surface area contributed by atoms with Gasteiger partial charge in [0.25, 0.3) is 0 Å². The Morgan fingerprint density at radius 2 is 1.79 bits per heavy atom. The van der Waals surface area contributed by atoms with Crippen molar-refractivity contribution in [3.63, 3.8) is 0 Å². The normalized spacial score (nSPS) is 13.0. The van der Waals surface area contributed by atoms with Gasteiger partial charge in [-0.3, -0.25) is 0 Å². The van der Waals surface area contributed by atoms with Gasteiger partial charge in [0.05, 0.1) is 12.0 Å². The van der Waals surface area contributed by atoms with Gasteiger partial charge in [-0.25, -0.2) is 12.7 Å². The maximum absolute atomic E-state index is 12.1. The van der Waals surface area contributed by atoms with Crippen molar-refractivity contribution in [1.82, 2.24) is 9.62 Å². The van der Waals surface area contributed by atoms with Gasteiger partial charge in [0, 0.05) is 26.7 Å². The maximum atomic E-state index is 12.1. The Morgan fingerprint density at radius 3 is 2.38 bits per heavy atom. The van der Waals surface area contributed by atoms with Gasteiger partial charge in [0.15, 0.2) is 0 Å². The fourth-order valence-electron chi connectivity index (χ4n) is 2.31. The summed E-state index contributed by atoms with van der Waals surface area (Å²) in [6, 6.07) is 15.0. The SMILES string of the molecule is COc1cccc(CNC(C)c2ccc(S(=O)(=O)N(C)C)cc2)c1. The molecule has 0 saturated carbocycles. The van der Waals surface area contributed by atoms with Crippen LogP contribution in [-0.2, 0) is 16.6 Å². The second-order valence-corrected chi connectivity index (χ2v) is 7.96. The Kier molecular flexibility index (Phi) is 5.99. The van der Waals surface area contributed by atoms with Gasteiger partial charge in [-0.05, 0) is 42.3 Å². The zero-order valence-electron chi connectivity index (χ0n) is 14.5. The van der Waals surface area contributed by atoms with Crippen molar-refractivity contribution in [3.8, 4) is 5.75 Å². The average Bonchev–Trinajstić information content (AvgIpc) is 2.59. The molecule has 0 radical (unpaired) electrons. The predicted octanol–water partition coefficient (Wildman–Crippen LogP) is 2.80. The van der Waals surface area contributed by atoms with Crippen molar-refractivity contribution in [2.24, 2.45) is 0 Å². The molecule has 130 valence electrons. The van der Waals surface area contributed by atoms with Crippen molar-refractivity contribution >= 4 is 10.0 Å². The third-order valence-corrected chi connectivity index (χ3v) is 5.73. The van der Waals surface area contributed by atoms with Gasteiger partial charge < -0.3 is 10.1 Å². The lowest BCUT2D eigenvalue weighted by Crippen LogP contribution is -2.22.